The molecule has 1 aromatic carbocycles. The number of carbonyl (C=O) groups is 2. The van der Waals surface area contributed by atoms with Crippen molar-refractivity contribution in [2.45, 2.75) is 33.2 Å². The minimum atomic E-state index is -0.354. The Hall–Kier alpha value is -1.75. The molecule has 1 aliphatic heterocycles. The van der Waals surface area contributed by atoms with Crippen molar-refractivity contribution in [2.24, 2.45) is 11.8 Å². The Labute approximate surface area is 141 Å². The van der Waals surface area contributed by atoms with Crippen molar-refractivity contribution in [1.82, 2.24) is 5.32 Å². The molecule has 0 spiro atoms. The van der Waals surface area contributed by atoms with Gasteiger partial charge in [-0.2, -0.15) is 0 Å². The standard InChI is InChI=1S/C17H23ClN2O3/c1-10(2)11(3)19-17(22)12-7-16(21)20(9-12)14-8-13(18)5-6-15(14)23-4/h5-6,8,10-12H,7,9H2,1-4H3,(H,19,22). The second kappa shape index (κ2) is 7.21. The Morgan fingerprint density at radius 2 is 2.09 bits per heavy atom. The summed E-state index contributed by atoms with van der Waals surface area (Å²) in [5.74, 6) is 0.387. The molecule has 1 aliphatic rings. The number of methoxy groups -OCH3 is 1. The summed E-state index contributed by atoms with van der Waals surface area (Å²) >= 11 is 6.03. The first-order chi connectivity index (χ1) is 10.8. The Bertz CT molecular complexity index is 604. The van der Waals surface area contributed by atoms with Crippen LogP contribution in [0, 0.1) is 11.8 Å². The number of halogens is 1. The second-order valence-electron chi connectivity index (χ2n) is 6.26. The van der Waals surface area contributed by atoms with Crippen molar-refractivity contribution in [1.29, 1.82) is 0 Å². The third-order valence-electron chi connectivity index (χ3n) is 4.30. The van der Waals surface area contributed by atoms with Gasteiger partial charge in [0.15, 0.2) is 0 Å². The fourth-order valence-corrected chi connectivity index (χ4v) is 2.67. The molecule has 2 unspecified atom stereocenters. The SMILES string of the molecule is COc1ccc(Cl)cc1N1CC(C(=O)NC(C)C(C)C)CC1=O. The van der Waals surface area contributed by atoms with Crippen LogP contribution in [0.5, 0.6) is 5.75 Å². The Balaban J connectivity index is 2.14. The van der Waals surface area contributed by atoms with Gasteiger partial charge in [-0.1, -0.05) is 25.4 Å². The molecule has 1 fully saturated rings. The topological polar surface area (TPSA) is 58.6 Å². The lowest BCUT2D eigenvalue weighted by molar-refractivity contribution is -0.127. The number of rotatable bonds is 5. The first-order valence-electron chi connectivity index (χ1n) is 7.77. The first kappa shape index (κ1) is 17.6. The van der Waals surface area contributed by atoms with Crippen LogP contribution in [0.2, 0.25) is 5.02 Å². The number of hydrogen-bond donors (Lipinski definition) is 1. The molecule has 0 aliphatic carbocycles. The van der Waals surface area contributed by atoms with Gasteiger partial charge in [0.1, 0.15) is 5.75 Å². The van der Waals surface area contributed by atoms with Gasteiger partial charge in [-0.25, -0.2) is 0 Å². The number of benzene rings is 1. The van der Waals surface area contributed by atoms with E-state index < -0.39 is 0 Å². The van der Waals surface area contributed by atoms with Gasteiger partial charge in [0.2, 0.25) is 11.8 Å². The number of carbonyl (C=O) groups excluding carboxylic acids is 2. The number of anilines is 1. The van der Waals surface area contributed by atoms with Crippen LogP contribution in [-0.2, 0) is 9.59 Å². The maximum absolute atomic E-state index is 12.4. The van der Waals surface area contributed by atoms with Crippen molar-refractivity contribution in [3.63, 3.8) is 0 Å². The average molecular weight is 339 g/mol. The summed E-state index contributed by atoms with van der Waals surface area (Å²) in [4.78, 5) is 26.3. The maximum atomic E-state index is 12.4. The summed E-state index contributed by atoms with van der Waals surface area (Å²) in [5, 5.41) is 3.50. The van der Waals surface area contributed by atoms with E-state index in [4.69, 9.17) is 16.3 Å². The normalized spacial score (nSPS) is 19.1. The zero-order valence-electron chi connectivity index (χ0n) is 13.9. The first-order valence-corrected chi connectivity index (χ1v) is 8.15. The van der Waals surface area contributed by atoms with Crippen molar-refractivity contribution in [3.8, 4) is 5.75 Å². The third kappa shape index (κ3) is 3.96. The minimum Gasteiger partial charge on any atom is -0.495 e. The average Bonchev–Trinajstić information content (AvgIpc) is 2.89. The summed E-state index contributed by atoms with van der Waals surface area (Å²) in [5.41, 5.74) is 0.609. The van der Waals surface area contributed by atoms with Gasteiger partial charge in [-0.05, 0) is 31.0 Å². The lowest BCUT2D eigenvalue weighted by Crippen LogP contribution is -2.40. The summed E-state index contributed by atoms with van der Waals surface area (Å²) in [7, 11) is 1.54. The molecular weight excluding hydrogens is 316 g/mol. The van der Waals surface area contributed by atoms with E-state index in [1.54, 1.807) is 30.2 Å². The van der Waals surface area contributed by atoms with Crippen LogP contribution in [0.1, 0.15) is 27.2 Å². The zero-order valence-corrected chi connectivity index (χ0v) is 14.7. The number of hydrogen-bond acceptors (Lipinski definition) is 3. The molecule has 1 aromatic rings. The summed E-state index contributed by atoms with van der Waals surface area (Å²) < 4.78 is 5.30. The highest BCUT2D eigenvalue weighted by molar-refractivity contribution is 6.31. The van der Waals surface area contributed by atoms with E-state index in [-0.39, 0.29) is 30.2 Å². The van der Waals surface area contributed by atoms with Crippen LogP contribution in [0.15, 0.2) is 18.2 Å². The van der Waals surface area contributed by atoms with E-state index in [0.717, 1.165) is 0 Å². The van der Waals surface area contributed by atoms with E-state index >= 15 is 0 Å². The number of amides is 2. The maximum Gasteiger partial charge on any atom is 0.227 e. The molecule has 2 rings (SSSR count). The molecule has 2 amide bonds. The lowest BCUT2D eigenvalue weighted by atomic mass is 10.0. The van der Waals surface area contributed by atoms with E-state index in [1.165, 1.54) is 0 Å². The quantitative estimate of drug-likeness (QED) is 0.898. The summed E-state index contributed by atoms with van der Waals surface area (Å²) in [6, 6.07) is 5.19. The zero-order chi connectivity index (χ0) is 17.1. The van der Waals surface area contributed by atoms with E-state index in [0.29, 0.717) is 28.9 Å². The molecule has 0 saturated carbocycles. The molecule has 1 N–H and O–H groups in total. The Morgan fingerprint density at radius 3 is 2.70 bits per heavy atom. The van der Waals surface area contributed by atoms with Crippen LogP contribution < -0.4 is 15.0 Å². The monoisotopic (exact) mass is 338 g/mol. The van der Waals surface area contributed by atoms with Crippen molar-refractivity contribution in [3.05, 3.63) is 23.2 Å². The molecule has 0 aromatic heterocycles. The van der Waals surface area contributed by atoms with E-state index in [9.17, 15) is 9.59 Å². The van der Waals surface area contributed by atoms with Crippen LogP contribution in [0.3, 0.4) is 0 Å². The lowest BCUT2D eigenvalue weighted by Gasteiger charge is -2.21. The number of nitrogens with zero attached hydrogens (tertiary/aromatic N) is 1. The van der Waals surface area contributed by atoms with Crippen LogP contribution in [-0.4, -0.2) is 31.5 Å². The molecule has 1 saturated heterocycles. The molecule has 2 atom stereocenters. The molecule has 0 bridgehead atoms. The van der Waals surface area contributed by atoms with Crippen LogP contribution in [0.4, 0.5) is 5.69 Å². The molecule has 126 valence electrons. The predicted octanol–water partition coefficient (Wildman–Crippen LogP) is 2.86. The van der Waals surface area contributed by atoms with Crippen molar-refractivity contribution >= 4 is 29.1 Å². The molecular formula is C17H23ClN2O3. The highest BCUT2D eigenvalue weighted by Crippen LogP contribution is 2.35. The second-order valence-corrected chi connectivity index (χ2v) is 6.70. The highest BCUT2D eigenvalue weighted by atomic mass is 35.5. The van der Waals surface area contributed by atoms with Crippen molar-refractivity contribution < 1.29 is 14.3 Å². The van der Waals surface area contributed by atoms with Crippen LogP contribution >= 0.6 is 11.6 Å². The van der Waals surface area contributed by atoms with Gasteiger partial charge in [-0.3, -0.25) is 9.59 Å². The molecule has 6 heteroatoms. The molecule has 1 heterocycles. The van der Waals surface area contributed by atoms with Gasteiger partial charge < -0.3 is 15.0 Å². The fraction of sp³-hybridized carbons (Fsp3) is 0.529. The predicted molar refractivity (Wildman–Crippen MR) is 90.9 cm³/mol. The van der Waals surface area contributed by atoms with Gasteiger partial charge in [0.25, 0.3) is 0 Å². The molecule has 0 radical (unpaired) electrons. The van der Waals surface area contributed by atoms with Crippen LogP contribution in [0.25, 0.3) is 0 Å². The highest BCUT2D eigenvalue weighted by Gasteiger charge is 2.36. The minimum absolute atomic E-state index is 0.0763. The Morgan fingerprint density at radius 1 is 1.39 bits per heavy atom. The smallest absolute Gasteiger partial charge is 0.227 e. The fourth-order valence-electron chi connectivity index (χ4n) is 2.50. The van der Waals surface area contributed by atoms with Crippen molar-refractivity contribution in [2.75, 3.05) is 18.6 Å². The Kier molecular flexibility index (Phi) is 5.52. The summed E-state index contributed by atoms with van der Waals surface area (Å²) in [6.45, 7) is 6.41. The van der Waals surface area contributed by atoms with Gasteiger partial charge in [0, 0.05) is 24.0 Å². The largest absolute Gasteiger partial charge is 0.495 e. The van der Waals surface area contributed by atoms with E-state index in [2.05, 4.69) is 5.32 Å². The molecule has 5 nitrogen and oxygen atoms in total. The van der Waals surface area contributed by atoms with Gasteiger partial charge >= 0.3 is 0 Å². The third-order valence-corrected chi connectivity index (χ3v) is 4.53. The molecule has 23 heavy (non-hydrogen) atoms. The number of nitrogens with one attached hydrogen (secondary N) is 1. The van der Waals surface area contributed by atoms with E-state index in [1.807, 2.05) is 20.8 Å². The number of ether oxygens (including phenoxy) is 1. The summed E-state index contributed by atoms with van der Waals surface area (Å²) in [6.07, 6.45) is 0.201. The van der Waals surface area contributed by atoms with Gasteiger partial charge in [0.05, 0.1) is 18.7 Å². The van der Waals surface area contributed by atoms with Gasteiger partial charge in [-0.15, -0.1) is 0 Å².